The van der Waals surface area contributed by atoms with E-state index in [1.807, 2.05) is 0 Å². The van der Waals surface area contributed by atoms with Crippen LogP contribution in [-0.4, -0.2) is 23.8 Å². The summed E-state index contributed by atoms with van der Waals surface area (Å²) in [7, 11) is 0. The van der Waals surface area contributed by atoms with Crippen molar-refractivity contribution in [2.75, 3.05) is 6.61 Å². The van der Waals surface area contributed by atoms with E-state index >= 15 is 0 Å². The van der Waals surface area contributed by atoms with Gasteiger partial charge in [0.15, 0.2) is 0 Å². The molecule has 2 fully saturated rings. The molecule has 0 aromatic heterocycles. The van der Waals surface area contributed by atoms with E-state index in [-0.39, 0.29) is 0 Å². The number of hydrogen-bond acceptors (Lipinski definition) is 2. The van der Waals surface area contributed by atoms with Crippen LogP contribution >= 0.6 is 0 Å². The van der Waals surface area contributed by atoms with Gasteiger partial charge in [-0.15, -0.1) is 0 Å². The first-order valence-corrected chi connectivity index (χ1v) is 4.27. The molecule has 0 amide bonds. The van der Waals surface area contributed by atoms with E-state index in [9.17, 15) is 0 Å². The second kappa shape index (κ2) is 2.51. The fraction of sp³-hybridized carbons (Fsp3) is 1.00. The van der Waals surface area contributed by atoms with E-state index in [0.29, 0.717) is 6.61 Å². The highest BCUT2D eigenvalue weighted by Crippen LogP contribution is 2.34. The molecular weight excluding hydrogens is 126 g/mol. The zero-order valence-electron chi connectivity index (χ0n) is 6.21. The van der Waals surface area contributed by atoms with Crippen LogP contribution < -0.4 is 5.32 Å². The van der Waals surface area contributed by atoms with Crippen LogP contribution in [0.4, 0.5) is 0 Å². The topological polar surface area (TPSA) is 32.3 Å². The van der Waals surface area contributed by atoms with Crippen molar-refractivity contribution in [3.8, 4) is 0 Å². The van der Waals surface area contributed by atoms with Crippen molar-refractivity contribution >= 4 is 0 Å². The highest BCUT2D eigenvalue weighted by Gasteiger charge is 2.38. The Morgan fingerprint density at radius 3 is 2.80 bits per heavy atom. The Bertz CT molecular complexity index is 126. The number of rotatable bonds is 2. The molecule has 0 aromatic rings. The quantitative estimate of drug-likeness (QED) is 0.587. The van der Waals surface area contributed by atoms with Gasteiger partial charge in [-0.2, -0.15) is 0 Å². The van der Waals surface area contributed by atoms with Crippen molar-refractivity contribution in [2.24, 2.45) is 5.92 Å². The van der Waals surface area contributed by atoms with Crippen LogP contribution in [-0.2, 0) is 0 Å². The van der Waals surface area contributed by atoms with Gasteiger partial charge >= 0.3 is 0 Å². The van der Waals surface area contributed by atoms with Gasteiger partial charge in [-0.25, -0.2) is 0 Å². The van der Waals surface area contributed by atoms with Crippen LogP contribution in [0.25, 0.3) is 0 Å². The van der Waals surface area contributed by atoms with Crippen molar-refractivity contribution < 1.29 is 5.11 Å². The summed E-state index contributed by atoms with van der Waals surface area (Å²) in [6.45, 7) is 0.371. The predicted molar refractivity (Wildman–Crippen MR) is 39.8 cm³/mol. The predicted octanol–water partition coefficient (Wildman–Crippen LogP) is 0.509. The first kappa shape index (κ1) is 6.62. The summed E-state index contributed by atoms with van der Waals surface area (Å²) in [4.78, 5) is 0. The molecule has 10 heavy (non-hydrogen) atoms. The van der Waals surface area contributed by atoms with E-state index in [2.05, 4.69) is 5.32 Å². The van der Waals surface area contributed by atoms with Crippen LogP contribution in [0, 0.1) is 5.92 Å². The van der Waals surface area contributed by atoms with Gasteiger partial charge in [0.2, 0.25) is 0 Å². The number of aliphatic hydroxyl groups is 1. The van der Waals surface area contributed by atoms with Gasteiger partial charge < -0.3 is 10.4 Å². The Kier molecular flexibility index (Phi) is 1.66. The average molecular weight is 141 g/mol. The molecule has 2 aliphatic rings. The van der Waals surface area contributed by atoms with Gasteiger partial charge in [-0.1, -0.05) is 0 Å². The third-order valence-corrected chi connectivity index (χ3v) is 2.93. The maximum absolute atomic E-state index is 8.73. The third-order valence-electron chi connectivity index (χ3n) is 2.93. The lowest BCUT2D eigenvalue weighted by Crippen LogP contribution is -2.23. The van der Waals surface area contributed by atoms with E-state index in [1.54, 1.807) is 0 Å². The Hall–Kier alpha value is -0.0800. The molecule has 3 atom stereocenters. The fourth-order valence-electron chi connectivity index (χ4n) is 2.42. The van der Waals surface area contributed by atoms with E-state index in [1.165, 1.54) is 19.3 Å². The minimum atomic E-state index is 0.371. The summed E-state index contributed by atoms with van der Waals surface area (Å²) in [5.41, 5.74) is 0. The van der Waals surface area contributed by atoms with Crippen LogP contribution in [0.3, 0.4) is 0 Å². The molecule has 2 heteroatoms. The Morgan fingerprint density at radius 1 is 1.40 bits per heavy atom. The molecule has 3 unspecified atom stereocenters. The van der Waals surface area contributed by atoms with Gasteiger partial charge in [-0.05, 0) is 31.6 Å². The van der Waals surface area contributed by atoms with E-state index in [4.69, 9.17) is 5.11 Å². The zero-order chi connectivity index (χ0) is 6.97. The molecule has 0 saturated carbocycles. The molecule has 2 aliphatic heterocycles. The van der Waals surface area contributed by atoms with Crippen LogP contribution in [0.2, 0.25) is 0 Å². The first-order chi connectivity index (χ1) is 4.90. The lowest BCUT2D eigenvalue weighted by Gasteiger charge is -2.18. The molecule has 0 aromatic carbocycles. The largest absolute Gasteiger partial charge is 0.396 e. The molecule has 2 saturated heterocycles. The SMILES string of the molecule is OCCC1CC2CCC1N2. The molecular formula is C8H15NO. The summed E-state index contributed by atoms with van der Waals surface area (Å²) in [5, 5.41) is 12.3. The lowest BCUT2D eigenvalue weighted by atomic mass is 9.87. The van der Waals surface area contributed by atoms with Crippen molar-refractivity contribution in [3.63, 3.8) is 0 Å². The van der Waals surface area contributed by atoms with Gasteiger partial charge in [0, 0.05) is 18.7 Å². The summed E-state index contributed by atoms with van der Waals surface area (Å²) < 4.78 is 0. The van der Waals surface area contributed by atoms with Crippen molar-refractivity contribution in [1.82, 2.24) is 5.32 Å². The highest BCUT2D eigenvalue weighted by molar-refractivity contribution is 4.96. The van der Waals surface area contributed by atoms with Gasteiger partial charge in [0.05, 0.1) is 0 Å². The smallest absolute Gasteiger partial charge is 0.0434 e. The maximum atomic E-state index is 8.73. The monoisotopic (exact) mass is 141 g/mol. The minimum absolute atomic E-state index is 0.371. The molecule has 0 aliphatic carbocycles. The standard InChI is InChI=1S/C8H15NO/c10-4-3-6-5-7-1-2-8(6)9-7/h6-10H,1-5H2. The maximum Gasteiger partial charge on any atom is 0.0434 e. The van der Waals surface area contributed by atoms with Gasteiger partial charge in [0.25, 0.3) is 0 Å². The summed E-state index contributed by atoms with van der Waals surface area (Å²) >= 11 is 0. The molecule has 2 bridgehead atoms. The van der Waals surface area contributed by atoms with Gasteiger partial charge in [0.1, 0.15) is 0 Å². The van der Waals surface area contributed by atoms with Crippen molar-refractivity contribution in [1.29, 1.82) is 0 Å². The van der Waals surface area contributed by atoms with Crippen LogP contribution in [0.15, 0.2) is 0 Å². The summed E-state index contributed by atoms with van der Waals surface area (Å²) in [6.07, 6.45) is 5.03. The van der Waals surface area contributed by atoms with Crippen molar-refractivity contribution in [3.05, 3.63) is 0 Å². The van der Waals surface area contributed by atoms with Gasteiger partial charge in [-0.3, -0.25) is 0 Å². The molecule has 2 nitrogen and oxygen atoms in total. The molecule has 2 heterocycles. The molecule has 2 rings (SSSR count). The third kappa shape index (κ3) is 0.956. The first-order valence-electron chi connectivity index (χ1n) is 4.27. The molecule has 0 radical (unpaired) electrons. The van der Waals surface area contributed by atoms with E-state index in [0.717, 1.165) is 24.4 Å². The molecule has 58 valence electrons. The van der Waals surface area contributed by atoms with E-state index < -0.39 is 0 Å². The zero-order valence-corrected chi connectivity index (χ0v) is 6.21. The summed E-state index contributed by atoms with van der Waals surface area (Å²) in [6, 6.07) is 1.54. The Labute approximate surface area is 61.6 Å². The number of nitrogens with one attached hydrogen (secondary N) is 1. The highest BCUT2D eigenvalue weighted by atomic mass is 16.3. The second-order valence-electron chi connectivity index (χ2n) is 3.56. The molecule has 0 spiro atoms. The van der Waals surface area contributed by atoms with Crippen LogP contribution in [0.5, 0.6) is 0 Å². The second-order valence-corrected chi connectivity index (χ2v) is 3.56. The average Bonchev–Trinajstić information content (AvgIpc) is 2.48. The minimum Gasteiger partial charge on any atom is -0.396 e. The Balaban J connectivity index is 1.90. The fourth-order valence-corrected chi connectivity index (χ4v) is 2.42. The van der Waals surface area contributed by atoms with Crippen molar-refractivity contribution in [2.45, 2.75) is 37.8 Å². The summed E-state index contributed by atoms with van der Waals surface area (Å²) in [5.74, 6) is 0.781. The molecule has 2 N–H and O–H groups in total. The number of hydrogen-bond donors (Lipinski definition) is 2. The lowest BCUT2D eigenvalue weighted by molar-refractivity contribution is 0.240. The number of aliphatic hydroxyl groups excluding tert-OH is 1. The normalized spacial score (nSPS) is 44.7. The van der Waals surface area contributed by atoms with Crippen LogP contribution in [0.1, 0.15) is 25.7 Å². The number of fused-ring (bicyclic) bond motifs is 2. The Morgan fingerprint density at radius 2 is 2.30 bits per heavy atom.